The number of phosphoric acid groups is 1. The molecule has 490 valence electrons. The first-order chi connectivity index (χ1) is 40.4. The van der Waals surface area contributed by atoms with E-state index in [4.69, 9.17) is 13.8 Å². The molecule has 0 radical (unpaired) electrons. The van der Waals surface area contributed by atoms with E-state index in [9.17, 15) is 19.0 Å². The summed E-state index contributed by atoms with van der Waals surface area (Å²) in [5, 5.41) is 3.05. The Hall–Kier alpha value is -1.77. The SMILES string of the molecule is CCCCC/C=C\C/C=C\CCCCCCCCCCCC(=O)OC(/C=C\CCCCCCCCCCC)C(COP(=O)([O-])OCC[N+](C)(C)C)NC(=O)CCCCCCCCCCCCCCCCCCCCCCCCCCCCC. The summed E-state index contributed by atoms with van der Waals surface area (Å²) in [7, 11) is 1.20. The van der Waals surface area contributed by atoms with Gasteiger partial charge in [-0.2, -0.15) is 0 Å². The Morgan fingerprint density at radius 1 is 0.422 bits per heavy atom. The van der Waals surface area contributed by atoms with Crippen LogP contribution in [0.3, 0.4) is 0 Å². The molecule has 1 N–H and O–H groups in total. The van der Waals surface area contributed by atoms with Crippen LogP contribution in [-0.2, 0) is 27.9 Å². The van der Waals surface area contributed by atoms with Crippen molar-refractivity contribution in [1.82, 2.24) is 5.32 Å². The lowest BCUT2D eigenvalue weighted by Gasteiger charge is -2.30. The summed E-state index contributed by atoms with van der Waals surface area (Å²) >= 11 is 0. The smallest absolute Gasteiger partial charge is 0.306 e. The van der Waals surface area contributed by atoms with Crippen LogP contribution in [0.15, 0.2) is 36.5 Å². The Morgan fingerprint density at radius 2 is 0.735 bits per heavy atom. The minimum Gasteiger partial charge on any atom is -0.756 e. The van der Waals surface area contributed by atoms with Gasteiger partial charge in [-0.3, -0.25) is 14.2 Å². The minimum atomic E-state index is -4.70. The summed E-state index contributed by atoms with van der Waals surface area (Å²) in [6.07, 6.45) is 78.5. The second kappa shape index (κ2) is 63.3. The number of hydrogen-bond acceptors (Lipinski definition) is 7. The molecule has 3 unspecified atom stereocenters. The van der Waals surface area contributed by atoms with Gasteiger partial charge >= 0.3 is 5.97 Å². The molecule has 0 saturated heterocycles. The number of hydrogen-bond donors (Lipinski definition) is 1. The van der Waals surface area contributed by atoms with Crippen molar-refractivity contribution in [2.24, 2.45) is 0 Å². The van der Waals surface area contributed by atoms with Gasteiger partial charge in [0.2, 0.25) is 5.91 Å². The zero-order valence-electron chi connectivity index (χ0n) is 56.2. The van der Waals surface area contributed by atoms with Crippen molar-refractivity contribution < 1.29 is 37.3 Å². The number of amides is 1. The largest absolute Gasteiger partial charge is 0.756 e. The van der Waals surface area contributed by atoms with Crippen molar-refractivity contribution >= 4 is 19.7 Å². The molecule has 0 rings (SSSR count). The molecule has 10 heteroatoms. The van der Waals surface area contributed by atoms with E-state index in [0.717, 1.165) is 64.2 Å². The lowest BCUT2D eigenvalue weighted by molar-refractivity contribution is -0.870. The van der Waals surface area contributed by atoms with Gasteiger partial charge in [0.25, 0.3) is 7.82 Å². The fraction of sp³-hybridized carbons (Fsp3) is 0.890. The molecule has 0 heterocycles. The lowest BCUT2D eigenvalue weighted by atomic mass is 10.0. The van der Waals surface area contributed by atoms with Gasteiger partial charge in [0, 0.05) is 12.8 Å². The predicted octanol–water partition coefficient (Wildman–Crippen LogP) is 22.4. The molecule has 0 fully saturated rings. The Kier molecular flexibility index (Phi) is 61.9. The zero-order chi connectivity index (χ0) is 60.7. The highest BCUT2D eigenvalue weighted by molar-refractivity contribution is 7.45. The van der Waals surface area contributed by atoms with Crippen LogP contribution >= 0.6 is 7.82 Å². The highest BCUT2D eigenvalue weighted by atomic mass is 31.2. The number of phosphoric ester groups is 1. The number of carbonyl (C=O) groups is 2. The van der Waals surface area contributed by atoms with E-state index in [-0.39, 0.29) is 31.5 Å². The Bertz CT molecular complexity index is 1510. The number of likely N-dealkylation sites (N-methyl/N-ethyl adjacent to an activating group) is 1. The summed E-state index contributed by atoms with van der Waals surface area (Å²) in [6, 6.07) is -0.887. The summed E-state index contributed by atoms with van der Waals surface area (Å²) in [4.78, 5) is 40.1. The normalized spacial score (nSPS) is 13.7. The van der Waals surface area contributed by atoms with Crippen LogP contribution in [0, 0.1) is 0 Å². The van der Waals surface area contributed by atoms with E-state index in [1.165, 1.54) is 270 Å². The molecule has 83 heavy (non-hydrogen) atoms. The molecule has 0 aliphatic carbocycles. The van der Waals surface area contributed by atoms with Gasteiger partial charge in [0.15, 0.2) is 0 Å². The first-order valence-electron chi connectivity index (χ1n) is 36.3. The van der Waals surface area contributed by atoms with Crippen molar-refractivity contribution in [3.05, 3.63) is 36.5 Å². The fourth-order valence-corrected chi connectivity index (χ4v) is 11.7. The number of quaternary nitrogens is 1. The monoisotopic (exact) mass is 1190 g/mol. The average Bonchev–Trinajstić information content (AvgIpc) is 3.51. The van der Waals surface area contributed by atoms with Crippen molar-refractivity contribution in [1.29, 1.82) is 0 Å². The Labute approximate surface area is 516 Å². The van der Waals surface area contributed by atoms with Gasteiger partial charge in [-0.15, -0.1) is 0 Å². The van der Waals surface area contributed by atoms with E-state index in [1.807, 2.05) is 33.3 Å². The number of rotatable bonds is 67. The van der Waals surface area contributed by atoms with Crippen LogP contribution in [0.2, 0.25) is 0 Å². The third kappa shape index (κ3) is 64.5. The summed E-state index contributed by atoms with van der Waals surface area (Å²) in [5.74, 6) is -0.527. The van der Waals surface area contributed by atoms with E-state index in [0.29, 0.717) is 17.4 Å². The molecule has 0 aliphatic rings. The maximum Gasteiger partial charge on any atom is 0.306 e. The van der Waals surface area contributed by atoms with Gasteiger partial charge in [0.1, 0.15) is 19.3 Å². The third-order valence-electron chi connectivity index (χ3n) is 16.6. The summed E-state index contributed by atoms with van der Waals surface area (Å²) in [5.41, 5.74) is 0. The Morgan fingerprint density at radius 3 is 1.11 bits per heavy atom. The van der Waals surface area contributed by atoms with Crippen molar-refractivity contribution in [2.45, 2.75) is 380 Å². The van der Waals surface area contributed by atoms with Gasteiger partial charge in [0.05, 0.1) is 33.8 Å². The fourth-order valence-electron chi connectivity index (χ4n) is 11.0. The number of esters is 1. The zero-order valence-corrected chi connectivity index (χ0v) is 57.1. The number of nitrogens with zero attached hydrogens (tertiary/aromatic N) is 1. The third-order valence-corrected chi connectivity index (χ3v) is 17.5. The van der Waals surface area contributed by atoms with Crippen LogP contribution < -0.4 is 10.2 Å². The Balaban J connectivity index is 4.93. The molecule has 3 atom stereocenters. The average molecular weight is 1190 g/mol. The number of unbranched alkanes of at least 4 members (excludes halogenated alkanes) is 47. The van der Waals surface area contributed by atoms with Crippen molar-refractivity contribution in [3.63, 3.8) is 0 Å². The van der Waals surface area contributed by atoms with Crippen molar-refractivity contribution in [2.75, 3.05) is 40.9 Å². The standard InChI is InChI=1S/C73H141N2O7P/c1-7-10-13-16-19-22-25-27-29-31-33-34-35-36-37-38-39-40-42-43-45-47-50-53-56-59-62-65-72(76)74-70(69-81-83(78,79)80-68-67-75(4,5)6)71(64-61-58-55-52-49-24-21-18-15-12-9-3)82-73(77)66-63-60-57-54-51-48-46-44-41-32-30-28-26-23-20-17-14-11-8-2/h20,23,28,30,61,64,70-71H,7-19,21-22,24-27,29,31-60,62-63,65-69H2,1-6H3,(H-,74,76,78,79)/b23-20-,30-28-,64-61-. The van der Waals surface area contributed by atoms with Gasteiger partial charge in [-0.05, 0) is 63.9 Å². The topological polar surface area (TPSA) is 114 Å². The molecular weight excluding hydrogens is 1050 g/mol. The van der Waals surface area contributed by atoms with E-state index in [1.54, 1.807) is 0 Å². The number of nitrogens with one attached hydrogen (secondary N) is 1. The highest BCUT2D eigenvalue weighted by Gasteiger charge is 2.27. The number of ether oxygens (including phenoxy) is 1. The first kappa shape index (κ1) is 81.2. The molecule has 9 nitrogen and oxygen atoms in total. The van der Waals surface area contributed by atoms with Gasteiger partial charge < -0.3 is 28.5 Å². The van der Waals surface area contributed by atoms with E-state index >= 15 is 0 Å². The summed E-state index contributed by atoms with van der Waals surface area (Å²) < 4.78 is 30.4. The van der Waals surface area contributed by atoms with Crippen LogP contribution in [0.25, 0.3) is 0 Å². The predicted molar refractivity (Wildman–Crippen MR) is 358 cm³/mol. The number of carbonyl (C=O) groups excluding carboxylic acids is 2. The second-order valence-electron chi connectivity index (χ2n) is 26.1. The van der Waals surface area contributed by atoms with Crippen LogP contribution in [0.5, 0.6) is 0 Å². The van der Waals surface area contributed by atoms with E-state index < -0.39 is 20.0 Å². The molecule has 0 saturated carbocycles. The maximum atomic E-state index is 13.6. The molecule has 0 bridgehead atoms. The van der Waals surface area contributed by atoms with Crippen molar-refractivity contribution in [3.8, 4) is 0 Å². The molecular formula is C73H141N2O7P. The van der Waals surface area contributed by atoms with E-state index in [2.05, 4.69) is 50.4 Å². The first-order valence-corrected chi connectivity index (χ1v) is 37.8. The maximum absolute atomic E-state index is 13.6. The molecule has 0 aliphatic heterocycles. The lowest BCUT2D eigenvalue weighted by Crippen LogP contribution is -2.47. The van der Waals surface area contributed by atoms with Gasteiger partial charge in [-0.1, -0.05) is 327 Å². The van der Waals surface area contributed by atoms with Crippen LogP contribution in [0.1, 0.15) is 367 Å². The molecule has 0 aromatic heterocycles. The molecule has 1 amide bonds. The molecule has 0 aromatic rings. The molecule has 0 spiro atoms. The number of allylic oxidation sites excluding steroid dienone is 5. The van der Waals surface area contributed by atoms with Gasteiger partial charge in [-0.25, -0.2) is 0 Å². The molecule has 0 aromatic carbocycles. The minimum absolute atomic E-state index is 0.0203. The quantitative estimate of drug-likeness (QED) is 0.0212. The van der Waals surface area contributed by atoms with Crippen LogP contribution in [0.4, 0.5) is 0 Å². The highest BCUT2D eigenvalue weighted by Crippen LogP contribution is 2.38. The summed E-state index contributed by atoms with van der Waals surface area (Å²) in [6.45, 7) is 6.87. The second-order valence-corrected chi connectivity index (χ2v) is 27.5. The van der Waals surface area contributed by atoms with Crippen LogP contribution in [-0.4, -0.2) is 69.4 Å².